The first-order valence-electron chi connectivity index (χ1n) is 7.54. The molecule has 0 atom stereocenters. The third kappa shape index (κ3) is 3.99. The van der Waals surface area contributed by atoms with Gasteiger partial charge in [0.05, 0.1) is 12.5 Å². The van der Waals surface area contributed by atoms with E-state index in [1.54, 1.807) is 21.0 Å². The maximum absolute atomic E-state index is 11.4. The van der Waals surface area contributed by atoms with Crippen LogP contribution in [0.25, 0.3) is 0 Å². The third-order valence-corrected chi connectivity index (χ3v) is 3.88. The van der Waals surface area contributed by atoms with Gasteiger partial charge in [0.2, 0.25) is 0 Å². The zero-order valence-corrected chi connectivity index (χ0v) is 14.3. The molecule has 0 bridgehead atoms. The summed E-state index contributed by atoms with van der Waals surface area (Å²) in [5, 5.41) is 9.34. The van der Waals surface area contributed by atoms with Gasteiger partial charge in [0.25, 0.3) is 0 Å². The molecular weight excluding hydrogens is 264 g/mol. The molecule has 0 spiro atoms. The molecule has 0 amide bonds. The van der Waals surface area contributed by atoms with Crippen LogP contribution in [0.3, 0.4) is 0 Å². The number of benzene rings is 1. The van der Waals surface area contributed by atoms with Crippen LogP contribution >= 0.6 is 0 Å². The second kappa shape index (κ2) is 6.50. The van der Waals surface area contributed by atoms with Crippen LogP contribution in [0, 0.1) is 5.41 Å². The van der Waals surface area contributed by atoms with Crippen molar-refractivity contribution < 1.29 is 14.6 Å². The Bertz CT molecular complexity index is 484. The molecule has 0 fully saturated rings. The first-order chi connectivity index (χ1) is 9.60. The molecule has 1 aromatic rings. The zero-order chi connectivity index (χ0) is 16.4. The molecule has 118 valence electrons. The van der Waals surface area contributed by atoms with Gasteiger partial charge in [-0.05, 0) is 48.8 Å². The molecule has 1 aromatic carbocycles. The van der Waals surface area contributed by atoms with Crippen LogP contribution in [0.1, 0.15) is 70.1 Å². The average molecular weight is 292 g/mol. The molecule has 0 radical (unpaired) electrons. The highest BCUT2D eigenvalue weighted by atomic mass is 16.5. The Morgan fingerprint density at radius 3 is 1.86 bits per heavy atom. The van der Waals surface area contributed by atoms with Crippen molar-refractivity contribution in [3.63, 3.8) is 0 Å². The fraction of sp³-hybridized carbons (Fsp3) is 0.611. The number of carbonyl (C=O) groups is 1. The topological polar surface area (TPSA) is 46.5 Å². The lowest BCUT2D eigenvalue weighted by atomic mass is 9.83. The predicted octanol–water partition coefficient (Wildman–Crippen LogP) is 4.60. The van der Waals surface area contributed by atoms with Crippen molar-refractivity contribution in [2.24, 2.45) is 5.41 Å². The summed E-state index contributed by atoms with van der Waals surface area (Å²) in [5.74, 6) is 0.850. The van der Waals surface area contributed by atoms with Crippen molar-refractivity contribution in [1.82, 2.24) is 0 Å². The van der Waals surface area contributed by atoms with Crippen LogP contribution < -0.4 is 4.74 Å². The summed E-state index contributed by atoms with van der Waals surface area (Å²) in [5.41, 5.74) is 2.60. The lowest BCUT2D eigenvalue weighted by Gasteiger charge is -2.24. The number of hydrogen-bond acceptors (Lipinski definition) is 2. The van der Waals surface area contributed by atoms with Gasteiger partial charge in [-0.2, -0.15) is 0 Å². The highest BCUT2D eigenvalue weighted by Gasteiger charge is 2.28. The number of ether oxygens (including phenoxy) is 1. The Labute approximate surface area is 128 Å². The van der Waals surface area contributed by atoms with Gasteiger partial charge in [-0.25, -0.2) is 0 Å². The van der Waals surface area contributed by atoms with E-state index in [-0.39, 0.29) is 0 Å². The molecule has 21 heavy (non-hydrogen) atoms. The molecule has 0 aliphatic carbocycles. The molecule has 0 heterocycles. The Morgan fingerprint density at radius 1 is 1.14 bits per heavy atom. The number of carboxylic acids is 1. The van der Waals surface area contributed by atoms with E-state index >= 15 is 0 Å². The first kappa shape index (κ1) is 17.5. The number of carboxylic acid groups (broad SMARTS) is 1. The van der Waals surface area contributed by atoms with Crippen LogP contribution in [0.4, 0.5) is 0 Å². The highest BCUT2D eigenvalue weighted by Crippen LogP contribution is 2.37. The monoisotopic (exact) mass is 292 g/mol. The van der Waals surface area contributed by atoms with Crippen molar-refractivity contribution in [1.29, 1.82) is 0 Å². The number of methoxy groups -OCH3 is 1. The van der Waals surface area contributed by atoms with Gasteiger partial charge >= 0.3 is 5.97 Å². The molecule has 0 saturated heterocycles. The second-order valence-corrected chi connectivity index (χ2v) is 6.98. The third-order valence-electron chi connectivity index (χ3n) is 3.88. The molecular formula is C18H28O3. The van der Waals surface area contributed by atoms with Crippen LogP contribution in [-0.2, 0) is 11.2 Å². The molecule has 0 aliphatic rings. The zero-order valence-electron chi connectivity index (χ0n) is 14.3. The van der Waals surface area contributed by atoms with Gasteiger partial charge in [-0.3, -0.25) is 4.79 Å². The predicted molar refractivity (Wildman–Crippen MR) is 86.3 cm³/mol. The smallest absolute Gasteiger partial charge is 0.309 e. The highest BCUT2D eigenvalue weighted by molar-refractivity contribution is 5.74. The molecule has 3 nitrogen and oxygen atoms in total. The fourth-order valence-electron chi connectivity index (χ4n) is 2.52. The van der Waals surface area contributed by atoms with Gasteiger partial charge in [0.15, 0.2) is 0 Å². The summed E-state index contributed by atoms with van der Waals surface area (Å²) >= 11 is 0. The minimum Gasteiger partial charge on any atom is -0.496 e. The molecule has 0 unspecified atom stereocenters. The van der Waals surface area contributed by atoms with Crippen LogP contribution in [-0.4, -0.2) is 18.2 Å². The summed E-state index contributed by atoms with van der Waals surface area (Å²) < 4.78 is 5.62. The Hall–Kier alpha value is -1.51. The minimum absolute atomic E-state index is 0.338. The van der Waals surface area contributed by atoms with E-state index in [1.165, 1.54) is 0 Å². The molecule has 1 N–H and O–H groups in total. The SMILES string of the molecule is COc1c(C(C)C)cc(CC(C)(C)C(=O)O)cc1C(C)C. The number of rotatable bonds is 6. The summed E-state index contributed by atoms with van der Waals surface area (Å²) in [4.78, 5) is 11.4. The van der Waals surface area contributed by atoms with Gasteiger partial charge in [-0.1, -0.05) is 39.8 Å². The molecule has 0 aliphatic heterocycles. The van der Waals surface area contributed by atoms with Crippen molar-refractivity contribution >= 4 is 5.97 Å². The number of hydrogen-bond donors (Lipinski definition) is 1. The lowest BCUT2D eigenvalue weighted by Crippen LogP contribution is -2.26. The average Bonchev–Trinajstić information content (AvgIpc) is 2.36. The van der Waals surface area contributed by atoms with E-state index in [2.05, 4.69) is 39.8 Å². The Kier molecular flexibility index (Phi) is 5.43. The Balaban J connectivity index is 3.39. The van der Waals surface area contributed by atoms with Crippen molar-refractivity contribution in [2.75, 3.05) is 7.11 Å². The summed E-state index contributed by atoms with van der Waals surface area (Å²) in [6, 6.07) is 4.19. The van der Waals surface area contributed by atoms with Crippen LogP contribution in [0.2, 0.25) is 0 Å². The van der Waals surface area contributed by atoms with Crippen molar-refractivity contribution in [3.8, 4) is 5.75 Å². The molecule has 0 saturated carbocycles. The van der Waals surface area contributed by atoms with Crippen molar-refractivity contribution in [2.45, 2.75) is 59.8 Å². The van der Waals surface area contributed by atoms with Gasteiger partial charge in [0, 0.05) is 0 Å². The minimum atomic E-state index is -0.768. The van der Waals surface area contributed by atoms with Crippen LogP contribution in [0.15, 0.2) is 12.1 Å². The van der Waals surface area contributed by atoms with E-state index in [0.717, 1.165) is 22.4 Å². The molecule has 1 rings (SSSR count). The van der Waals surface area contributed by atoms with Gasteiger partial charge < -0.3 is 9.84 Å². The van der Waals surface area contributed by atoms with E-state index in [1.807, 2.05) is 0 Å². The maximum atomic E-state index is 11.4. The Morgan fingerprint density at radius 2 is 1.57 bits per heavy atom. The quantitative estimate of drug-likeness (QED) is 0.833. The lowest BCUT2D eigenvalue weighted by molar-refractivity contribution is -0.146. The summed E-state index contributed by atoms with van der Waals surface area (Å²) in [7, 11) is 1.70. The van der Waals surface area contributed by atoms with Crippen LogP contribution in [0.5, 0.6) is 5.75 Å². The molecule has 0 aromatic heterocycles. The van der Waals surface area contributed by atoms with E-state index in [9.17, 15) is 9.90 Å². The number of aliphatic carboxylic acids is 1. The van der Waals surface area contributed by atoms with Crippen molar-refractivity contribution in [3.05, 3.63) is 28.8 Å². The normalized spacial score (nSPS) is 12.0. The maximum Gasteiger partial charge on any atom is 0.309 e. The second-order valence-electron chi connectivity index (χ2n) is 6.98. The van der Waals surface area contributed by atoms with E-state index < -0.39 is 11.4 Å². The first-order valence-corrected chi connectivity index (χ1v) is 7.54. The van der Waals surface area contributed by atoms with Gasteiger partial charge in [0.1, 0.15) is 5.75 Å². The summed E-state index contributed by atoms with van der Waals surface area (Å²) in [6.45, 7) is 12.1. The fourth-order valence-corrected chi connectivity index (χ4v) is 2.52. The largest absolute Gasteiger partial charge is 0.496 e. The molecule has 3 heteroatoms. The standard InChI is InChI=1S/C18H28O3/c1-11(2)14-8-13(10-18(5,6)17(19)20)9-15(12(3)4)16(14)21-7/h8-9,11-12H,10H2,1-7H3,(H,19,20). The van der Waals surface area contributed by atoms with Gasteiger partial charge in [-0.15, -0.1) is 0 Å². The summed E-state index contributed by atoms with van der Waals surface area (Å²) in [6.07, 6.45) is 0.520. The van der Waals surface area contributed by atoms with E-state index in [4.69, 9.17) is 4.74 Å². The van der Waals surface area contributed by atoms with E-state index in [0.29, 0.717) is 18.3 Å².